The van der Waals surface area contributed by atoms with Gasteiger partial charge in [-0.1, -0.05) is 13.8 Å². The van der Waals surface area contributed by atoms with Crippen LogP contribution in [-0.4, -0.2) is 16.7 Å². The van der Waals surface area contributed by atoms with Gasteiger partial charge in [0.15, 0.2) is 0 Å². The summed E-state index contributed by atoms with van der Waals surface area (Å²) in [5, 5.41) is 9.13. The molecule has 3 heteroatoms. The Kier molecular flexibility index (Phi) is 4.74. The zero-order valence-corrected chi connectivity index (χ0v) is 10.6. The second-order valence-corrected chi connectivity index (χ2v) is 4.53. The second kappa shape index (κ2) is 5.85. The van der Waals surface area contributed by atoms with E-state index in [2.05, 4.69) is 18.8 Å². The van der Waals surface area contributed by atoms with E-state index in [1.165, 1.54) is 0 Å². The molecular weight excluding hydrogens is 202 g/mol. The molecule has 0 saturated carbocycles. The van der Waals surface area contributed by atoms with Gasteiger partial charge in [0.1, 0.15) is 5.75 Å². The van der Waals surface area contributed by atoms with Crippen molar-refractivity contribution in [1.29, 1.82) is 0 Å². The zero-order valence-electron chi connectivity index (χ0n) is 10.6. The molecule has 1 aromatic heterocycles. The van der Waals surface area contributed by atoms with Crippen LogP contribution in [0.1, 0.15) is 37.1 Å². The highest BCUT2D eigenvalue weighted by Gasteiger charge is 2.09. The lowest BCUT2D eigenvalue weighted by Crippen LogP contribution is -2.06. The van der Waals surface area contributed by atoms with E-state index >= 15 is 0 Å². The van der Waals surface area contributed by atoms with Crippen LogP contribution >= 0.6 is 0 Å². The van der Waals surface area contributed by atoms with Gasteiger partial charge in [-0.2, -0.15) is 0 Å². The van der Waals surface area contributed by atoms with E-state index in [9.17, 15) is 0 Å². The summed E-state index contributed by atoms with van der Waals surface area (Å²) in [5.74, 6) is 1.51. The summed E-state index contributed by atoms with van der Waals surface area (Å²) in [4.78, 5) is 4.17. The molecule has 90 valence electrons. The summed E-state index contributed by atoms with van der Waals surface area (Å²) >= 11 is 0. The van der Waals surface area contributed by atoms with Gasteiger partial charge in [0, 0.05) is 17.3 Å². The van der Waals surface area contributed by atoms with Gasteiger partial charge in [-0.05, 0) is 26.2 Å². The molecule has 0 unspecified atom stereocenters. The average Bonchev–Trinajstić information content (AvgIpc) is 2.23. The lowest BCUT2D eigenvalue weighted by Gasteiger charge is -2.14. The van der Waals surface area contributed by atoms with Gasteiger partial charge in [-0.25, -0.2) is 0 Å². The third-order valence-corrected chi connectivity index (χ3v) is 2.64. The van der Waals surface area contributed by atoms with E-state index in [4.69, 9.17) is 9.84 Å². The number of rotatable bonds is 5. The Bertz CT molecular complexity index is 348. The molecule has 0 aliphatic rings. The molecule has 0 fully saturated rings. The van der Waals surface area contributed by atoms with Crippen molar-refractivity contribution in [2.75, 3.05) is 6.61 Å². The fourth-order valence-corrected chi connectivity index (χ4v) is 1.54. The molecule has 1 N–H and O–H groups in total. The first-order valence-electron chi connectivity index (χ1n) is 5.75. The number of hydrogen-bond donors (Lipinski definition) is 1. The number of nitrogens with zero attached hydrogens (tertiary/aromatic N) is 1. The summed E-state index contributed by atoms with van der Waals surface area (Å²) in [7, 11) is 0. The van der Waals surface area contributed by atoms with Crippen LogP contribution in [0.3, 0.4) is 0 Å². The van der Waals surface area contributed by atoms with Crippen LogP contribution in [0.2, 0.25) is 0 Å². The SMILES string of the molecule is Cc1cnc(CO)c(C)c1OCCC(C)C. The van der Waals surface area contributed by atoms with E-state index in [-0.39, 0.29) is 6.61 Å². The molecule has 1 heterocycles. The molecule has 1 rings (SSSR count). The average molecular weight is 223 g/mol. The van der Waals surface area contributed by atoms with Gasteiger partial charge >= 0.3 is 0 Å². The first-order chi connectivity index (χ1) is 7.56. The summed E-state index contributed by atoms with van der Waals surface area (Å²) in [6.07, 6.45) is 2.79. The molecule has 0 atom stereocenters. The number of aromatic nitrogens is 1. The van der Waals surface area contributed by atoms with Crippen molar-refractivity contribution in [2.24, 2.45) is 5.92 Å². The summed E-state index contributed by atoms with van der Waals surface area (Å²) in [6, 6.07) is 0. The van der Waals surface area contributed by atoms with E-state index in [1.54, 1.807) is 6.20 Å². The van der Waals surface area contributed by atoms with Gasteiger partial charge in [0.25, 0.3) is 0 Å². The van der Waals surface area contributed by atoms with Crippen molar-refractivity contribution in [3.05, 3.63) is 23.0 Å². The maximum Gasteiger partial charge on any atom is 0.128 e. The summed E-state index contributed by atoms with van der Waals surface area (Å²) < 4.78 is 5.77. The highest BCUT2D eigenvalue weighted by atomic mass is 16.5. The minimum atomic E-state index is -0.0351. The van der Waals surface area contributed by atoms with Gasteiger partial charge in [0.2, 0.25) is 0 Å². The lowest BCUT2D eigenvalue weighted by atomic mass is 10.1. The highest BCUT2D eigenvalue weighted by molar-refractivity contribution is 5.40. The maximum atomic E-state index is 9.13. The molecule has 0 aromatic carbocycles. The molecule has 0 radical (unpaired) electrons. The summed E-state index contributed by atoms with van der Waals surface area (Å²) in [6.45, 7) is 8.95. The standard InChI is InChI=1S/C13H21NO2/c1-9(2)5-6-16-13-10(3)7-14-12(8-15)11(13)4/h7,9,15H,5-6,8H2,1-4H3. The number of aliphatic hydroxyl groups is 1. The number of aryl methyl sites for hydroxylation is 1. The molecule has 16 heavy (non-hydrogen) atoms. The normalized spacial score (nSPS) is 10.9. The van der Waals surface area contributed by atoms with E-state index in [1.807, 2.05) is 13.8 Å². The molecular formula is C13H21NO2. The largest absolute Gasteiger partial charge is 0.493 e. The third kappa shape index (κ3) is 3.20. The van der Waals surface area contributed by atoms with Crippen LogP contribution in [0, 0.1) is 19.8 Å². The monoisotopic (exact) mass is 223 g/mol. The van der Waals surface area contributed by atoms with Crippen molar-refractivity contribution in [1.82, 2.24) is 4.98 Å². The van der Waals surface area contributed by atoms with E-state index in [0.717, 1.165) is 23.3 Å². The zero-order chi connectivity index (χ0) is 12.1. The van der Waals surface area contributed by atoms with Crippen molar-refractivity contribution in [2.45, 2.75) is 40.7 Å². The minimum Gasteiger partial charge on any atom is -0.493 e. The smallest absolute Gasteiger partial charge is 0.128 e. The Hall–Kier alpha value is -1.09. The summed E-state index contributed by atoms with van der Waals surface area (Å²) in [5.41, 5.74) is 2.68. The van der Waals surface area contributed by atoms with Crippen LogP contribution in [0.4, 0.5) is 0 Å². The molecule has 0 aliphatic heterocycles. The van der Waals surface area contributed by atoms with Gasteiger partial charge in [-0.3, -0.25) is 4.98 Å². The third-order valence-electron chi connectivity index (χ3n) is 2.64. The predicted molar refractivity (Wildman–Crippen MR) is 64.6 cm³/mol. The molecule has 0 spiro atoms. The molecule has 1 aromatic rings. The van der Waals surface area contributed by atoms with Gasteiger partial charge in [-0.15, -0.1) is 0 Å². The quantitative estimate of drug-likeness (QED) is 0.834. The van der Waals surface area contributed by atoms with Crippen LogP contribution in [0.25, 0.3) is 0 Å². The minimum absolute atomic E-state index is 0.0351. The topological polar surface area (TPSA) is 42.4 Å². The van der Waals surface area contributed by atoms with Crippen molar-refractivity contribution >= 4 is 0 Å². The Labute approximate surface area is 97.5 Å². The molecule has 0 aliphatic carbocycles. The van der Waals surface area contributed by atoms with Crippen molar-refractivity contribution in [3.8, 4) is 5.75 Å². The predicted octanol–water partition coefficient (Wildman–Crippen LogP) is 2.62. The molecule has 0 saturated heterocycles. The fourth-order valence-electron chi connectivity index (χ4n) is 1.54. The van der Waals surface area contributed by atoms with E-state index in [0.29, 0.717) is 18.2 Å². The fraction of sp³-hybridized carbons (Fsp3) is 0.615. The second-order valence-electron chi connectivity index (χ2n) is 4.53. The lowest BCUT2D eigenvalue weighted by molar-refractivity contribution is 0.267. The Morgan fingerprint density at radius 2 is 2.06 bits per heavy atom. The Balaban J connectivity index is 2.77. The van der Waals surface area contributed by atoms with Gasteiger partial charge in [0.05, 0.1) is 18.9 Å². The number of pyridine rings is 1. The first-order valence-corrected chi connectivity index (χ1v) is 5.75. The Morgan fingerprint density at radius 3 is 2.62 bits per heavy atom. The Morgan fingerprint density at radius 1 is 1.38 bits per heavy atom. The number of aliphatic hydroxyl groups excluding tert-OH is 1. The van der Waals surface area contributed by atoms with Crippen molar-refractivity contribution < 1.29 is 9.84 Å². The van der Waals surface area contributed by atoms with E-state index < -0.39 is 0 Å². The van der Waals surface area contributed by atoms with Crippen LogP contribution < -0.4 is 4.74 Å². The first kappa shape index (κ1) is 13.0. The number of ether oxygens (including phenoxy) is 1. The van der Waals surface area contributed by atoms with Crippen LogP contribution in [-0.2, 0) is 6.61 Å². The van der Waals surface area contributed by atoms with Crippen LogP contribution in [0.5, 0.6) is 5.75 Å². The number of hydrogen-bond acceptors (Lipinski definition) is 3. The van der Waals surface area contributed by atoms with Gasteiger partial charge < -0.3 is 9.84 Å². The highest BCUT2D eigenvalue weighted by Crippen LogP contribution is 2.24. The van der Waals surface area contributed by atoms with Crippen LogP contribution in [0.15, 0.2) is 6.20 Å². The molecule has 3 nitrogen and oxygen atoms in total. The molecule has 0 bridgehead atoms. The molecule has 0 amide bonds. The van der Waals surface area contributed by atoms with Crippen molar-refractivity contribution in [3.63, 3.8) is 0 Å². The maximum absolute atomic E-state index is 9.13.